The summed E-state index contributed by atoms with van der Waals surface area (Å²) < 4.78 is 5.96. The van der Waals surface area contributed by atoms with E-state index in [0.717, 1.165) is 13.2 Å². The number of fused-ring (bicyclic) bond motifs is 1. The number of nitrogens with zero attached hydrogens (tertiary/aromatic N) is 1. The van der Waals surface area contributed by atoms with Crippen LogP contribution in [-0.2, 0) is 4.74 Å². The van der Waals surface area contributed by atoms with Gasteiger partial charge in [0.05, 0.1) is 12.7 Å². The zero-order valence-corrected chi connectivity index (χ0v) is 12.2. The van der Waals surface area contributed by atoms with Crippen LogP contribution < -0.4 is 5.32 Å². The van der Waals surface area contributed by atoms with Crippen LogP contribution in [0, 0.1) is 5.92 Å². The highest BCUT2D eigenvalue weighted by Crippen LogP contribution is 2.33. The van der Waals surface area contributed by atoms with Gasteiger partial charge in [-0.2, -0.15) is 0 Å². The molecule has 2 aliphatic heterocycles. The van der Waals surface area contributed by atoms with Crippen LogP contribution in [-0.4, -0.2) is 47.8 Å². The van der Waals surface area contributed by atoms with Gasteiger partial charge in [-0.15, -0.1) is 0 Å². The minimum Gasteiger partial charge on any atom is -0.375 e. The molecule has 2 heterocycles. The Labute approximate surface area is 106 Å². The lowest BCUT2D eigenvalue weighted by atomic mass is 9.96. The van der Waals surface area contributed by atoms with Crippen molar-refractivity contribution in [2.75, 3.05) is 19.7 Å². The molecule has 3 atom stereocenters. The quantitative estimate of drug-likeness (QED) is 0.757. The number of ether oxygens (including phenoxy) is 1. The highest BCUT2D eigenvalue weighted by atomic mass is 16.5. The Hall–Kier alpha value is -0.120. The van der Waals surface area contributed by atoms with Gasteiger partial charge >= 0.3 is 0 Å². The highest BCUT2D eigenvalue weighted by molar-refractivity contribution is 5.01. The van der Waals surface area contributed by atoms with E-state index in [1.165, 1.54) is 6.54 Å². The summed E-state index contributed by atoms with van der Waals surface area (Å²) in [6.07, 6.45) is 0.439. The summed E-state index contributed by atoms with van der Waals surface area (Å²) >= 11 is 0. The van der Waals surface area contributed by atoms with E-state index in [4.69, 9.17) is 4.74 Å². The molecule has 2 rings (SSSR count). The zero-order chi connectivity index (χ0) is 12.8. The molecule has 0 aromatic carbocycles. The minimum absolute atomic E-state index is 0.179. The number of hydrogen-bond donors (Lipinski definition) is 1. The molecule has 3 unspecified atom stereocenters. The van der Waals surface area contributed by atoms with Crippen LogP contribution in [0.1, 0.15) is 41.5 Å². The van der Waals surface area contributed by atoms with Crippen molar-refractivity contribution in [3.8, 4) is 0 Å². The largest absolute Gasteiger partial charge is 0.375 e. The molecule has 100 valence electrons. The summed E-state index contributed by atoms with van der Waals surface area (Å²) in [4.78, 5) is 2.55. The second-order valence-electron chi connectivity index (χ2n) is 7.61. The van der Waals surface area contributed by atoms with Crippen LogP contribution in [0.5, 0.6) is 0 Å². The lowest BCUT2D eigenvalue weighted by molar-refractivity contribution is 0.0749. The van der Waals surface area contributed by atoms with Crippen molar-refractivity contribution < 1.29 is 4.74 Å². The maximum absolute atomic E-state index is 5.96. The highest BCUT2D eigenvalue weighted by Gasteiger charge is 2.46. The number of hydrogen-bond acceptors (Lipinski definition) is 3. The molecule has 0 radical (unpaired) electrons. The van der Waals surface area contributed by atoms with E-state index in [0.29, 0.717) is 18.1 Å². The maximum Gasteiger partial charge on any atom is 0.0759 e. The molecule has 0 aliphatic carbocycles. The van der Waals surface area contributed by atoms with Gasteiger partial charge in [0.1, 0.15) is 0 Å². The fourth-order valence-electron chi connectivity index (χ4n) is 2.97. The van der Waals surface area contributed by atoms with Crippen molar-refractivity contribution in [1.82, 2.24) is 10.2 Å². The first-order chi connectivity index (χ1) is 7.67. The third kappa shape index (κ3) is 3.01. The summed E-state index contributed by atoms with van der Waals surface area (Å²) in [5.41, 5.74) is 0.443. The van der Waals surface area contributed by atoms with Crippen molar-refractivity contribution >= 4 is 0 Å². The third-order valence-electron chi connectivity index (χ3n) is 3.88. The summed E-state index contributed by atoms with van der Waals surface area (Å²) in [6, 6.07) is 0.521. The van der Waals surface area contributed by atoms with Gasteiger partial charge in [-0.3, -0.25) is 4.90 Å². The molecule has 0 amide bonds. The maximum atomic E-state index is 5.96. The van der Waals surface area contributed by atoms with Crippen LogP contribution in [0.3, 0.4) is 0 Å². The fourth-order valence-corrected chi connectivity index (χ4v) is 2.97. The second-order valence-corrected chi connectivity index (χ2v) is 7.61. The monoisotopic (exact) mass is 240 g/mol. The molecule has 0 bridgehead atoms. The van der Waals surface area contributed by atoms with Crippen molar-refractivity contribution in [3.05, 3.63) is 0 Å². The fraction of sp³-hybridized carbons (Fsp3) is 1.00. The van der Waals surface area contributed by atoms with Crippen molar-refractivity contribution in [2.24, 2.45) is 5.92 Å². The van der Waals surface area contributed by atoms with Crippen LogP contribution in [0.25, 0.3) is 0 Å². The normalized spacial score (nSPS) is 35.3. The van der Waals surface area contributed by atoms with Crippen LogP contribution >= 0.6 is 0 Å². The van der Waals surface area contributed by atoms with Crippen molar-refractivity contribution in [2.45, 2.75) is 64.8 Å². The molecule has 2 fully saturated rings. The molecule has 2 aliphatic rings. The first kappa shape index (κ1) is 13.3. The molecule has 3 heteroatoms. The van der Waals surface area contributed by atoms with Gasteiger partial charge in [0.25, 0.3) is 0 Å². The summed E-state index contributed by atoms with van der Waals surface area (Å²) in [5, 5.41) is 3.71. The van der Waals surface area contributed by atoms with E-state index in [2.05, 4.69) is 51.8 Å². The van der Waals surface area contributed by atoms with Gasteiger partial charge in [-0.1, -0.05) is 0 Å². The van der Waals surface area contributed by atoms with Crippen molar-refractivity contribution in [1.29, 1.82) is 0 Å². The lowest BCUT2D eigenvalue weighted by Crippen LogP contribution is -2.49. The number of nitrogens with one attached hydrogen (secondary N) is 1. The Morgan fingerprint density at radius 2 is 1.71 bits per heavy atom. The average Bonchev–Trinajstić information content (AvgIpc) is 2.63. The van der Waals surface area contributed by atoms with Gasteiger partial charge < -0.3 is 10.1 Å². The standard InChI is InChI=1S/C14H28N2O/c1-13(2,3)15-11-9-17-12-8-16(7-10(11)12)14(4,5)6/h10-12,15H,7-9H2,1-6H3. The van der Waals surface area contributed by atoms with Crippen LogP contribution in [0.15, 0.2) is 0 Å². The Morgan fingerprint density at radius 3 is 2.24 bits per heavy atom. The summed E-state index contributed by atoms with van der Waals surface area (Å²) in [5.74, 6) is 0.661. The van der Waals surface area contributed by atoms with E-state index in [-0.39, 0.29) is 11.1 Å². The number of rotatable bonds is 1. The molecule has 0 saturated carbocycles. The SMILES string of the molecule is CC(C)(C)NC1COC2CN(C(C)(C)C)CC12. The predicted octanol–water partition coefficient (Wildman–Crippen LogP) is 1.87. The van der Waals surface area contributed by atoms with E-state index in [1.54, 1.807) is 0 Å². The summed E-state index contributed by atoms with van der Waals surface area (Å²) in [7, 11) is 0. The zero-order valence-electron chi connectivity index (χ0n) is 12.2. The minimum atomic E-state index is 0.179. The van der Waals surface area contributed by atoms with Gasteiger partial charge in [-0.25, -0.2) is 0 Å². The smallest absolute Gasteiger partial charge is 0.0759 e. The molecule has 1 N–H and O–H groups in total. The predicted molar refractivity (Wildman–Crippen MR) is 71.2 cm³/mol. The van der Waals surface area contributed by atoms with E-state index < -0.39 is 0 Å². The average molecular weight is 240 g/mol. The van der Waals surface area contributed by atoms with E-state index in [1.807, 2.05) is 0 Å². The Kier molecular flexibility index (Phi) is 3.30. The first-order valence-electron chi connectivity index (χ1n) is 6.81. The van der Waals surface area contributed by atoms with Gasteiger partial charge in [-0.05, 0) is 41.5 Å². The molecule has 17 heavy (non-hydrogen) atoms. The molecule has 3 nitrogen and oxygen atoms in total. The Balaban J connectivity index is 1.99. The van der Waals surface area contributed by atoms with Gasteiger partial charge in [0.2, 0.25) is 0 Å². The Bertz CT molecular complexity index is 277. The number of likely N-dealkylation sites (tertiary alicyclic amines) is 1. The van der Waals surface area contributed by atoms with Gasteiger partial charge in [0, 0.05) is 36.1 Å². The molecule has 2 saturated heterocycles. The Morgan fingerprint density at radius 1 is 1.06 bits per heavy atom. The second kappa shape index (κ2) is 4.22. The van der Waals surface area contributed by atoms with E-state index in [9.17, 15) is 0 Å². The lowest BCUT2D eigenvalue weighted by Gasteiger charge is -2.33. The van der Waals surface area contributed by atoms with Gasteiger partial charge in [0.15, 0.2) is 0 Å². The first-order valence-corrected chi connectivity index (χ1v) is 6.81. The summed E-state index contributed by atoms with van der Waals surface area (Å²) in [6.45, 7) is 16.7. The molecule has 0 spiro atoms. The topological polar surface area (TPSA) is 24.5 Å². The van der Waals surface area contributed by atoms with Crippen LogP contribution in [0.2, 0.25) is 0 Å². The van der Waals surface area contributed by atoms with Crippen LogP contribution in [0.4, 0.5) is 0 Å². The third-order valence-corrected chi connectivity index (χ3v) is 3.88. The molecular formula is C14H28N2O. The molecule has 0 aromatic heterocycles. The molecular weight excluding hydrogens is 212 g/mol. The molecule has 0 aromatic rings. The van der Waals surface area contributed by atoms with E-state index >= 15 is 0 Å². The van der Waals surface area contributed by atoms with Crippen molar-refractivity contribution in [3.63, 3.8) is 0 Å².